The summed E-state index contributed by atoms with van der Waals surface area (Å²) in [6, 6.07) is 5.33. The SMILES string of the molecule is CCCN(CC(=O)OC)S(=O)(=O)c1cccc(O)c1. The first kappa shape index (κ1) is 15.5. The van der Waals surface area contributed by atoms with Crippen LogP contribution in [0.1, 0.15) is 13.3 Å². The Bertz CT molecular complexity index is 541. The fourth-order valence-corrected chi connectivity index (χ4v) is 3.05. The number of aromatic hydroxyl groups is 1. The molecule has 0 aromatic heterocycles. The van der Waals surface area contributed by atoms with Crippen LogP contribution >= 0.6 is 0 Å². The summed E-state index contributed by atoms with van der Waals surface area (Å²) in [5.74, 6) is -0.771. The minimum atomic E-state index is -3.82. The van der Waals surface area contributed by atoms with Crippen molar-refractivity contribution in [1.29, 1.82) is 0 Å². The van der Waals surface area contributed by atoms with Crippen molar-refractivity contribution in [3.05, 3.63) is 24.3 Å². The Hall–Kier alpha value is -1.60. The van der Waals surface area contributed by atoms with Gasteiger partial charge < -0.3 is 9.84 Å². The second-order valence-corrected chi connectivity index (χ2v) is 5.85. The third-order valence-electron chi connectivity index (χ3n) is 2.46. The third kappa shape index (κ3) is 3.93. The lowest BCUT2D eigenvalue weighted by Gasteiger charge is -2.20. The summed E-state index contributed by atoms with van der Waals surface area (Å²) in [5, 5.41) is 9.34. The molecule has 0 amide bonds. The van der Waals surface area contributed by atoms with E-state index in [2.05, 4.69) is 4.74 Å². The molecule has 0 saturated heterocycles. The zero-order chi connectivity index (χ0) is 14.5. The van der Waals surface area contributed by atoms with Gasteiger partial charge >= 0.3 is 5.97 Å². The van der Waals surface area contributed by atoms with E-state index in [0.29, 0.717) is 6.42 Å². The standard InChI is InChI=1S/C12H17NO5S/c1-3-7-13(9-12(15)18-2)19(16,17)11-6-4-5-10(14)8-11/h4-6,8,14H,3,7,9H2,1-2H3. The van der Waals surface area contributed by atoms with E-state index >= 15 is 0 Å². The van der Waals surface area contributed by atoms with Crippen molar-refractivity contribution in [2.24, 2.45) is 0 Å². The van der Waals surface area contributed by atoms with Crippen LogP contribution in [-0.2, 0) is 19.6 Å². The van der Waals surface area contributed by atoms with E-state index in [1.54, 1.807) is 0 Å². The van der Waals surface area contributed by atoms with Crippen LogP contribution in [0.2, 0.25) is 0 Å². The summed E-state index contributed by atoms with van der Waals surface area (Å²) in [7, 11) is -2.62. The Morgan fingerprint density at radius 2 is 2.11 bits per heavy atom. The largest absolute Gasteiger partial charge is 0.508 e. The molecule has 0 fully saturated rings. The number of rotatable bonds is 6. The predicted molar refractivity (Wildman–Crippen MR) is 69.2 cm³/mol. The molecule has 0 bridgehead atoms. The molecule has 0 saturated carbocycles. The summed E-state index contributed by atoms with van der Waals surface area (Å²) in [6.07, 6.45) is 0.565. The normalized spacial score (nSPS) is 11.5. The molecule has 0 unspecified atom stereocenters. The molecule has 19 heavy (non-hydrogen) atoms. The molecule has 1 aromatic rings. The molecule has 6 nitrogen and oxygen atoms in total. The van der Waals surface area contributed by atoms with Gasteiger partial charge in [0.25, 0.3) is 0 Å². The highest BCUT2D eigenvalue weighted by molar-refractivity contribution is 7.89. The van der Waals surface area contributed by atoms with Gasteiger partial charge in [-0.1, -0.05) is 13.0 Å². The van der Waals surface area contributed by atoms with Crippen molar-refractivity contribution in [3.63, 3.8) is 0 Å². The summed E-state index contributed by atoms with van der Waals surface area (Å²) in [5.41, 5.74) is 0. The van der Waals surface area contributed by atoms with Crippen molar-refractivity contribution in [1.82, 2.24) is 4.31 Å². The van der Waals surface area contributed by atoms with Gasteiger partial charge in [0.15, 0.2) is 0 Å². The summed E-state index contributed by atoms with van der Waals surface area (Å²) >= 11 is 0. The number of hydrogen-bond donors (Lipinski definition) is 1. The summed E-state index contributed by atoms with van der Waals surface area (Å²) in [6.45, 7) is 1.66. The van der Waals surface area contributed by atoms with Gasteiger partial charge in [0, 0.05) is 6.54 Å². The number of carbonyl (C=O) groups is 1. The maximum absolute atomic E-state index is 12.3. The quantitative estimate of drug-likeness (QED) is 0.788. The lowest BCUT2D eigenvalue weighted by Crippen LogP contribution is -2.36. The molecular formula is C12H17NO5S. The number of esters is 1. The first-order chi connectivity index (χ1) is 8.91. The molecule has 0 heterocycles. The maximum Gasteiger partial charge on any atom is 0.321 e. The highest BCUT2D eigenvalue weighted by atomic mass is 32.2. The van der Waals surface area contributed by atoms with Crippen LogP contribution in [0, 0.1) is 0 Å². The average Bonchev–Trinajstić information content (AvgIpc) is 2.38. The molecule has 1 N–H and O–H groups in total. The van der Waals surface area contributed by atoms with Gasteiger partial charge in [-0.05, 0) is 24.6 Å². The van der Waals surface area contributed by atoms with Gasteiger partial charge in [-0.2, -0.15) is 4.31 Å². The zero-order valence-corrected chi connectivity index (χ0v) is 11.7. The smallest absolute Gasteiger partial charge is 0.321 e. The minimum absolute atomic E-state index is 0.0511. The van der Waals surface area contributed by atoms with Gasteiger partial charge in [0.2, 0.25) is 10.0 Å². The number of nitrogens with zero attached hydrogens (tertiary/aromatic N) is 1. The highest BCUT2D eigenvalue weighted by Gasteiger charge is 2.26. The monoisotopic (exact) mass is 287 g/mol. The van der Waals surface area contributed by atoms with Crippen LogP contribution in [0.3, 0.4) is 0 Å². The van der Waals surface area contributed by atoms with Gasteiger partial charge in [-0.15, -0.1) is 0 Å². The van der Waals surface area contributed by atoms with Crippen molar-refractivity contribution in [3.8, 4) is 5.75 Å². The molecule has 0 aliphatic carbocycles. The Labute approximate surface area is 112 Å². The van der Waals surface area contributed by atoms with Gasteiger partial charge in [0.05, 0.1) is 12.0 Å². The number of hydrogen-bond acceptors (Lipinski definition) is 5. The fourth-order valence-electron chi connectivity index (χ4n) is 1.54. The zero-order valence-electron chi connectivity index (χ0n) is 10.9. The van der Waals surface area contributed by atoms with E-state index in [9.17, 15) is 18.3 Å². The van der Waals surface area contributed by atoms with Crippen LogP contribution in [-0.4, -0.2) is 44.0 Å². The number of methoxy groups -OCH3 is 1. The van der Waals surface area contributed by atoms with Crippen molar-refractivity contribution in [2.75, 3.05) is 20.2 Å². The number of phenolic OH excluding ortho intramolecular Hbond substituents is 1. The number of ether oxygens (including phenoxy) is 1. The van der Waals surface area contributed by atoms with E-state index in [1.807, 2.05) is 6.92 Å². The molecule has 1 rings (SSSR count). The van der Waals surface area contributed by atoms with Crippen molar-refractivity contribution in [2.45, 2.75) is 18.2 Å². The molecule has 1 aromatic carbocycles. The molecule has 0 aliphatic heterocycles. The molecule has 7 heteroatoms. The van der Waals surface area contributed by atoms with Crippen LogP contribution in [0.5, 0.6) is 5.75 Å². The molecule has 0 aliphatic rings. The van der Waals surface area contributed by atoms with E-state index in [4.69, 9.17) is 0 Å². The second kappa shape index (κ2) is 6.53. The highest BCUT2D eigenvalue weighted by Crippen LogP contribution is 2.20. The molecular weight excluding hydrogens is 270 g/mol. The van der Waals surface area contributed by atoms with Crippen LogP contribution in [0.15, 0.2) is 29.2 Å². The summed E-state index contributed by atoms with van der Waals surface area (Å²) < 4.78 is 30.2. The first-order valence-corrected chi connectivity index (χ1v) is 7.21. The lowest BCUT2D eigenvalue weighted by atomic mass is 10.3. The van der Waals surface area contributed by atoms with Gasteiger partial charge in [0.1, 0.15) is 12.3 Å². The number of phenols is 1. The van der Waals surface area contributed by atoms with Crippen LogP contribution in [0.25, 0.3) is 0 Å². The number of benzene rings is 1. The lowest BCUT2D eigenvalue weighted by molar-refractivity contribution is -0.140. The van der Waals surface area contributed by atoms with Crippen molar-refractivity contribution < 1.29 is 23.1 Å². The third-order valence-corrected chi connectivity index (χ3v) is 4.30. The average molecular weight is 287 g/mol. The molecule has 0 spiro atoms. The second-order valence-electron chi connectivity index (χ2n) is 3.91. The first-order valence-electron chi connectivity index (χ1n) is 5.77. The van der Waals surface area contributed by atoms with Gasteiger partial charge in [-0.25, -0.2) is 8.42 Å². The Morgan fingerprint density at radius 1 is 1.42 bits per heavy atom. The Kier molecular flexibility index (Phi) is 5.31. The van der Waals surface area contributed by atoms with Crippen LogP contribution in [0.4, 0.5) is 0 Å². The summed E-state index contributed by atoms with van der Waals surface area (Å²) in [4.78, 5) is 11.2. The Morgan fingerprint density at radius 3 is 2.63 bits per heavy atom. The van der Waals surface area contributed by atoms with E-state index < -0.39 is 16.0 Å². The topological polar surface area (TPSA) is 83.9 Å². The van der Waals surface area contributed by atoms with E-state index in [1.165, 1.54) is 25.3 Å². The minimum Gasteiger partial charge on any atom is -0.508 e. The molecule has 0 atom stereocenters. The fraction of sp³-hybridized carbons (Fsp3) is 0.417. The Balaban J connectivity index is 3.09. The maximum atomic E-state index is 12.3. The number of carbonyl (C=O) groups excluding carboxylic acids is 1. The predicted octanol–water partition coefficient (Wildman–Crippen LogP) is 0.966. The van der Waals surface area contributed by atoms with E-state index in [0.717, 1.165) is 10.4 Å². The van der Waals surface area contributed by atoms with Gasteiger partial charge in [-0.3, -0.25) is 4.79 Å². The van der Waals surface area contributed by atoms with E-state index in [-0.39, 0.29) is 23.7 Å². The van der Waals surface area contributed by atoms with Crippen molar-refractivity contribution >= 4 is 16.0 Å². The van der Waals surface area contributed by atoms with Crippen LogP contribution < -0.4 is 0 Å². The molecule has 106 valence electrons. The molecule has 0 radical (unpaired) electrons. The number of sulfonamides is 1.